The molecule has 2 amide bonds. The minimum atomic E-state index is -0.178. The first-order chi connectivity index (χ1) is 16.5. The molecule has 0 aromatic heterocycles. The Hall–Kier alpha value is -1.88. The molecule has 5 heteroatoms. The van der Waals surface area contributed by atoms with E-state index in [9.17, 15) is 14.7 Å². The summed E-state index contributed by atoms with van der Waals surface area (Å²) in [6, 6.07) is 12.0. The van der Waals surface area contributed by atoms with E-state index >= 15 is 0 Å². The van der Waals surface area contributed by atoms with Crippen LogP contribution < -0.4 is 0 Å². The number of piperidine rings is 1. The molecule has 1 spiro atoms. The first kappa shape index (κ1) is 26.7. The average molecular weight is 471 g/mol. The summed E-state index contributed by atoms with van der Waals surface area (Å²) in [6.07, 6.45) is 15.7. The lowest BCUT2D eigenvalue weighted by Crippen LogP contribution is -2.52. The third-order valence-electron chi connectivity index (χ3n) is 8.30. The molecule has 0 bridgehead atoms. The highest BCUT2D eigenvalue weighted by atomic mass is 16.3. The summed E-state index contributed by atoms with van der Waals surface area (Å²) in [5.41, 5.74) is 0.0404. The van der Waals surface area contributed by atoms with Crippen LogP contribution in [0.4, 0.5) is 0 Å². The van der Waals surface area contributed by atoms with Gasteiger partial charge in [-0.05, 0) is 38.0 Å². The molecule has 4 aliphatic rings. The van der Waals surface area contributed by atoms with Crippen LogP contribution in [0.2, 0.25) is 0 Å². The Morgan fingerprint density at radius 2 is 1.53 bits per heavy atom. The van der Waals surface area contributed by atoms with Crippen molar-refractivity contribution in [2.75, 3.05) is 26.7 Å². The van der Waals surface area contributed by atoms with Crippen LogP contribution in [0.5, 0.6) is 0 Å². The molecule has 1 atom stereocenters. The topological polar surface area (TPSA) is 60.9 Å². The Kier molecular flexibility index (Phi) is 10.9. The minimum absolute atomic E-state index is 0.0404. The number of rotatable bonds is 3. The molecule has 2 saturated carbocycles. The van der Waals surface area contributed by atoms with Gasteiger partial charge in [-0.2, -0.15) is 0 Å². The van der Waals surface area contributed by atoms with E-state index in [2.05, 4.69) is 4.90 Å². The molecule has 34 heavy (non-hydrogen) atoms. The maximum absolute atomic E-state index is 12.5. The molecule has 2 aliphatic heterocycles. The first-order valence-corrected chi connectivity index (χ1v) is 13.7. The lowest BCUT2D eigenvalue weighted by Gasteiger charge is -2.44. The quantitative estimate of drug-likeness (QED) is 0.641. The summed E-state index contributed by atoms with van der Waals surface area (Å²) in [7, 11) is 1.84. The monoisotopic (exact) mass is 470 g/mol. The number of nitrogens with zero attached hydrogens (tertiary/aromatic N) is 2. The van der Waals surface area contributed by atoms with Crippen LogP contribution in [0, 0.1) is 11.3 Å². The molecule has 1 aromatic carbocycles. The molecule has 4 fully saturated rings. The second-order valence-corrected chi connectivity index (χ2v) is 10.8. The van der Waals surface area contributed by atoms with E-state index < -0.39 is 0 Å². The van der Waals surface area contributed by atoms with Crippen molar-refractivity contribution in [1.29, 1.82) is 0 Å². The zero-order chi connectivity index (χ0) is 24.2. The van der Waals surface area contributed by atoms with Crippen molar-refractivity contribution >= 4 is 11.8 Å². The van der Waals surface area contributed by atoms with E-state index in [0.717, 1.165) is 70.5 Å². The molecule has 2 aliphatic carbocycles. The molecule has 190 valence electrons. The first-order valence-electron chi connectivity index (χ1n) is 13.7. The standard InChI is InChI=1S/C18H31NO2.C6H6.C5H9NO/c20-16-10-13-19(14-18(16)11-4-5-12-18)17(21)9-8-15-6-2-1-3-7-15;1-2-4-6-5-3-1;1-6-4-2-3-5(6)7/h15-16,20H,1-14H2;1-6H;2-4H2,1H3. The molecule has 1 aromatic rings. The molecule has 5 rings (SSSR count). The van der Waals surface area contributed by atoms with E-state index in [1.165, 1.54) is 44.9 Å². The van der Waals surface area contributed by atoms with Crippen LogP contribution in [0.25, 0.3) is 0 Å². The van der Waals surface area contributed by atoms with Gasteiger partial charge in [0.15, 0.2) is 0 Å². The third kappa shape index (κ3) is 8.11. The fourth-order valence-electron chi connectivity index (χ4n) is 6.06. The van der Waals surface area contributed by atoms with Gasteiger partial charge < -0.3 is 14.9 Å². The van der Waals surface area contributed by atoms with Gasteiger partial charge in [0.05, 0.1) is 6.10 Å². The fraction of sp³-hybridized carbons (Fsp3) is 0.724. The molecule has 0 radical (unpaired) electrons. The molecule has 2 saturated heterocycles. The van der Waals surface area contributed by atoms with Gasteiger partial charge in [-0.25, -0.2) is 0 Å². The Labute approximate surface area is 206 Å². The number of aliphatic hydroxyl groups excluding tert-OH is 1. The van der Waals surface area contributed by atoms with Gasteiger partial charge >= 0.3 is 0 Å². The van der Waals surface area contributed by atoms with Gasteiger partial charge in [0.2, 0.25) is 11.8 Å². The highest BCUT2D eigenvalue weighted by molar-refractivity contribution is 5.77. The SMILES string of the molecule is CN1CCCC1=O.O=C(CCC1CCCCC1)N1CCC(O)C2(CCCC2)C1.c1ccccc1. The summed E-state index contributed by atoms with van der Waals surface area (Å²) in [5.74, 6) is 1.43. The van der Waals surface area contributed by atoms with E-state index in [4.69, 9.17) is 0 Å². The summed E-state index contributed by atoms with van der Waals surface area (Å²) in [4.78, 5) is 26.9. The van der Waals surface area contributed by atoms with Crippen LogP contribution in [-0.4, -0.2) is 59.5 Å². The van der Waals surface area contributed by atoms with Gasteiger partial charge in [-0.3, -0.25) is 9.59 Å². The summed E-state index contributed by atoms with van der Waals surface area (Å²) < 4.78 is 0. The van der Waals surface area contributed by atoms with Crippen molar-refractivity contribution in [1.82, 2.24) is 9.80 Å². The number of hydrogen-bond donors (Lipinski definition) is 1. The predicted octanol–water partition coefficient (Wildman–Crippen LogP) is 5.43. The van der Waals surface area contributed by atoms with Crippen molar-refractivity contribution in [3.8, 4) is 0 Å². The van der Waals surface area contributed by atoms with Gasteiger partial charge in [0.25, 0.3) is 0 Å². The van der Waals surface area contributed by atoms with E-state index in [1.807, 2.05) is 43.4 Å². The zero-order valence-electron chi connectivity index (χ0n) is 21.3. The fourth-order valence-corrected chi connectivity index (χ4v) is 6.06. The van der Waals surface area contributed by atoms with Crippen molar-refractivity contribution in [2.45, 2.75) is 96.0 Å². The highest BCUT2D eigenvalue weighted by Gasteiger charge is 2.45. The number of aliphatic hydroxyl groups is 1. The van der Waals surface area contributed by atoms with Crippen molar-refractivity contribution in [2.24, 2.45) is 11.3 Å². The number of amides is 2. The van der Waals surface area contributed by atoms with Gasteiger partial charge in [-0.15, -0.1) is 0 Å². The predicted molar refractivity (Wildman–Crippen MR) is 137 cm³/mol. The molecule has 1 unspecified atom stereocenters. The zero-order valence-corrected chi connectivity index (χ0v) is 21.3. The second kappa shape index (κ2) is 13.9. The maximum atomic E-state index is 12.5. The lowest BCUT2D eigenvalue weighted by molar-refractivity contribution is -0.139. The Morgan fingerprint density at radius 3 is 2.03 bits per heavy atom. The molecule has 2 heterocycles. The smallest absolute Gasteiger partial charge is 0.222 e. The Balaban J connectivity index is 0.000000202. The largest absolute Gasteiger partial charge is 0.392 e. The third-order valence-corrected chi connectivity index (χ3v) is 8.30. The summed E-state index contributed by atoms with van der Waals surface area (Å²) in [6.45, 7) is 2.54. The van der Waals surface area contributed by atoms with E-state index in [-0.39, 0.29) is 11.5 Å². The molecule has 1 N–H and O–H groups in total. The molecule has 5 nitrogen and oxygen atoms in total. The van der Waals surface area contributed by atoms with Crippen LogP contribution in [0.15, 0.2) is 36.4 Å². The van der Waals surface area contributed by atoms with Crippen LogP contribution in [0.1, 0.15) is 89.9 Å². The van der Waals surface area contributed by atoms with Gasteiger partial charge in [-0.1, -0.05) is 81.3 Å². The van der Waals surface area contributed by atoms with Crippen molar-refractivity contribution in [3.05, 3.63) is 36.4 Å². The lowest BCUT2D eigenvalue weighted by atomic mass is 9.76. The van der Waals surface area contributed by atoms with E-state index in [1.54, 1.807) is 4.90 Å². The Bertz CT molecular complexity index is 699. The van der Waals surface area contributed by atoms with Gasteiger partial charge in [0, 0.05) is 44.9 Å². The molecular weight excluding hydrogens is 424 g/mol. The summed E-state index contributed by atoms with van der Waals surface area (Å²) in [5, 5.41) is 10.4. The van der Waals surface area contributed by atoms with Crippen LogP contribution >= 0.6 is 0 Å². The van der Waals surface area contributed by atoms with Crippen LogP contribution in [0.3, 0.4) is 0 Å². The number of benzene rings is 1. The Morgan fingerprint density at radius 1 is 0.912 bits per heavy atom. The average Bonchev–Trinajstić information content (AvgIpc) is 3.51. The van der Waals surface area contributed by atoms with Gasteiger partial charge in [0.1, 0.15) is 0 Å². The van der Waals surface area contributed by atoms with Crippen molar-refractivity contribution < 1.29 is 14.7 Å². The molecular formula is C29H46N2O3. The highest BCUT2D eigenvalue weighted by Crippen LogP contribution is 2.45. The normalized spacial score (nSPS) is 24.3. The maximum Gasteiger partial charge on any atom is 0.222 e. The minimum Gasteiger partial charge on any atom is -0.392 e. The number of carbonyl (C=O) groups excluding carboxylic acids is 2. The number of hydrogen-bond acceptors (Lipinski definition) is 3. The second-order valence-electron chi connectivity index (χ2n) is 10.8. The number of carbonyl (C=O) groups is 2. The van der Waals surface area contributed by atoms with Crippen LogP contribution in [-0.2, 0) is 9.59 Å². The summed E-state index contributed by atoms with van der Waals surface area (Å²) >= 11 is 0. The number of likely N-dealkylation sites (tertiary alicyclic amines) is 2. The van der Waals surface area contributed by atoms with E-state index in [0.29, 0.717) is 11.8 Å². The van der Waals surface area contributed by atoms with Crippen molar-refractivity contribution in [3.63, 3.8) is 0 Å².